The summed E-state index contributed by atoms with van der Waals surface area (Å²) in [4.78, 5) is 26.7. The van der Waals surface area contributed by atoms with Crippen LogP contribution in [0.3, 0.4) is 0 Å². The molecule has 28 heavy (non-hydrogen) atoms. The fourth-order valence-corrected chi connectivity index (χ4v) is 4.41. The summed E-state index contributed by atoms with van der Waals surface area (Å²) in [5, 5.41) is 0.0977. The predicted octanol–water partition coefficient (Wildman–Crippen LogP) is 5.98. The van der Waals surface area contributed by atoms with Crippen LogP contribution in [0, 0.1) is 3.57 Å². The van der Waals surface area contributed by atoms with E-state index < -0.39 is 0 Å². The Kier molecular flexibility index (Phi) is 6.57. The number of amides is 2. The van der Waals surface area contributed by atoms with Crippen molar-refractivity contribution < 1.29 is 19.1 Å². The van der Waals surface area contributed by atoms with E-state index in [-0.39, 0.29) is 17.3 Å². The van der Waals surface area contributed by atoms with Gasteiger partial charge in [-0.25, -0.2) is 4.90 Å². The number of rotatable bonds is 5. The average Bonchev–Trinajstić information content (AvgIpc) is 2.90. The Hall–Kier alpha value is -1.71. The molecule has 5 nitrogen and oxygen atoms in total. The molecule has 2 aromatic carbocycles. The van der Waals surface area contributed by atoms with Crippen LogP contribution in [0.2, 0.25) is 5.02 Å². The first-order valence-corrected chi connectivity index (χ1v) is 10.6. The monoisotopic (exact) mass is 529 g/mol. The first kappa shape index (κ1) is 21.0. The first-order valence-electron chi connectivity index (χ1n) is 8.38. The molecule has 0 bridgehead atoms. The number of methoxy groups -OCH3 is 1. The lowest BCUT2D eigenvalue weighted by Crippen LogP contribution is -2.27. The van der Waals surface area contributed by atoms with Crippen LogP contribution in [0.5, 0.6) is 11.5 Å². The predicted molar refractivity (Wildman–Crippen MR) is 121 cm³/mol. The summed E-state index contributed by atoms with van der Waals surface area (Å²) < 4.78 is 12.1. The van der Waals surface area contributed by atoms with Crippen LogP contribution in [0.1, 0.15) is 19.4 Å². The second-order valence-electron chi connectivity index (χ2n) is 6.20. The molecule has 8 heteroatoms. The molecule has 1 aliphatic heterocycles. The van der Waals surface area contributed by atoms with Crippen LogP contribution in [0.25, 0.3) is 6.08 Å². The van der Waals surface area contributed by atoms with Crippen molar-refractivity contribution in [1.29, 1.82) is 0 Å². The summed E-state index contributed by atoms with van der Waals surface area (Å²) >= 11 is 9.04. The number of imide groups is 1. The lowest BCUT2D eigenvalue weighted by molar-refractivity contribution is -0.113. The van der Waals surface area contributed by atoms with E-state index in [0.717, 1.165) is 25.8 Å². The van der Waals surface area contributed by atoms with Crippen LogP contribution in [0.4, 0.5) is 10.5 Å². The Morgan fingerprint density at radius 1 is 1.21 bits per heavy atom. The van der Waals surface area contributed by atoms with Gasteiger partial charge in [0.2, 0.25) is 0 Å². The highest BCUT2D eigenvalue weighted by molar-refractivity contribution is 14.1. The average molecular weight is 530 g/mol. The number of thioether (sulfide) groups is 1. The summed E-state index contributed by atoms with van der Waals surface area (Å²) in [5.74, 6) is 0.844. The van der Waals surface area contributed by atoms with Gasteiger partial charge in [-0.3, -0.25) is 9.59 Å². The van der Waals surface area contributed by atoms with Crippen LogP contribution >= 0.6 is 46.0 Å². The lowest BCUT2D eigenvalue weighted by Gasteiger charge is -2.16. The van der Waals surface area contributed by atoms with Gasteiger partial charge in [-0.2, -0.15) is 0 Å². The Balaban J connectivity index is 1.95. The van der Waals surface area contributed by atoms with Crippen molar-refractivity contribution in [2.75, 3.05) is 12.0 Å². The third kappa shape index (κ3) is 4.47. The van der Waals surface area contributed by atoms with E-state index in [4.69, 9.17) is 21.1 Å². The molecule has 0 aromatic heterocycles. The molecule has 1 aliphatic rings. The molecule has 0 saturated carbocycles. The summed E-state index contributed by atoms with van der Waals surface area (Å²) in [6.07, 6.45) is 1.68. The maximum Gasteiger partial charge on any atom is 0.298 e. The number of ether oxygens (including phenoxy) is 2. The summed E-state index contributed by atoms with van der Waals surface area (Å²) in [5.41, 5.74) is 1.19. The largest absolute Gasteiger partial charge is 0.493 e. The minimum atomic E-state index is -0.381. The standard InChI is InChI=1S/C20H17ClINO4S/c1-11(2)27-18-15(22)7-12(8-16(18)26-3)9-17-19(24)23(20(25)28-17)14-6-4-5-13(21)10-14/h4-11H,1-3H3/b17-9+. The van der Waals surface area contributed by atoms with Gasteiger partial charge in [0.15, 0.2) is 11.5 Å². The third-order valence-electron chi connectivity index (χ3n) is 3.76. The van der Waals surface area contributed by atoms with E-state index in [1.54, 1.807) is 43.5 Å². The van der Waals surface area contributed by atoms with Gasteiger partial charge in [0.1, 0.15) is 0 Å². The van der Waals surface area contributed by atoms with Crippen molar-refractivity contribution in [2.24, 2.45) is 0 Å². The molecule has 3 rings (SSSR count). The summed E-state index contributed by atoms with van der Waals surface area (Å²) in [7, 11) is 1.56. The normalized spacial score (nSPS) is 15.6. The van der Waals surface area contributed by atoms with Crippen molar-refractivity contribution in [1.82, 2.24) is 0 Å². The molecule has 0 unspecified atom stereocenters. The van der Waals surface area contributed by atoms with E-state index in [9.17, 15) is 9.59 Å². The van der Waals surface area contributed by atoms with Crippen molar-refractivity contribution >= 4 is 68.9 Å². The van der Waals surface area contributed by atoms with E-state index in [2.05, 4.69) is 22.6 Å². The van der Waals surface area contributed by atoms with E-state index in [1.807, 2.05) is 19.9 Å². The molecule has 0 aliphatic carbocycles. The van der Waals surface area contributed by atoms with Crippen molar-refractivity contribution in [3.63, 3.8) is 0 Å². The zero-order valence-corrected chi connectivity index (χ0v) is 19.1. The van der Waals surface area contributed by atoms with Gasteiger partial charge in [0.05, 0.1) is 27.4 Å². The van der Waals surface area contributed by atoms with E-state index in [1.165, 1.54) is 0 Å². The molecule has 0 radical (unpaired) electrons. The molecule has 1 saturated heterocycles. The molecule has 146 valence electrons. The molecule has 2 amide bonds. The number of hydrogen-bond acceptors (Lipinski definition) is 5. The van der Waals surface area contributed by atoms with Crippen LogP contribution < -0.4 is 14.4 Å². The summed E-state index contributed by atoms with van der Waals surface area (Å²) in [6.45, 7) is 3.88. The lowest BCUT2D eigenvalue weighted by atomic mass is 10.1. The fraction of sp³-hybridized carbons (Fsp3) is 0.200. The second kappa shape index (κ2) is 8.75. The maximum absolute atomic E-state index is 12.8. The molecule has 0 N–H and O–H groups in total. The van der Waals surface area contributed by atoms with Crippen LogP contribution in [-0.4, -0.2) is 24.4 Å². The maximum atomic E-state index is 12.8. The first-order chi connectivity index (χ1) is 13.3. The molecule has 1 fully saturated rings. The quantitative estimate of drug-likeness (QED) is 0.352. The van der Waals surface area contributed by atoms with E-state index >= 15 is 0 Å². The minimum Gasteiger partial charge on any atom is -0.493 e. The smallest absolute Gasteiger partial charge is 0.298 e. The van der Waals surface area contributed by atoms with Crippen molar-refractivity contribution in [2.45, 2.75) is 20.0 Å². The van der Waals surface area contributed by atoms with Crippen LogP contribution in [-0.2, 0) is 4.79 Å². The highest BCUT2D eigenvalue weighted by Gasteiger charge is 2.36. The summed E-state index contributed by atoms with van der Waals surface area (Å²) in [6, 6.07) is 10.3. The van der Waals surface area contributed by atoms with Crippen molar-refractivity contribution in [3.05, 3.63) is 55.5 Å². The highest BCUT2D eigenvalue weighted by Crippen LogP contribution is 2.39. The van der Waals surface area contributed by atoms with Gasteiger partial charge in [0, 0.05) is 5.02 Å². The third-order valence-corrected chi connectivity index (χ3v) is 5.67. The number of carbonyl (C=O) groups is 2. The molecule has 0 atom stereocenters. The van der Waals surface area contributed by atoms with Crippen LogP contribution in [0.15, 0.2) is 41.3 Å². The van der Waals surface area contributed by atoms with Crippen molar-refractivity contribution in [3.8, 4) is 11.5 Å². The Morgan fingerprint density at radius 2 is 1.96 bits per heavy atom. The molecular formula is C20H17ClINO4S. The van der Waals surface area contributed by atoms with Gasteiger partial charge >= 0.3 is 0 Å². The zero-order valence-electron chi connectivity index (χ0n) is 15.4. The fourth-order valence-electron chi connectivity index (χ4n) is 2.63. The number of benzene rings is 2. The minimum absolute atomic E-state index is 0.00228. The SMILES string of the molecule is COc1cc(/C=C2/SC(=O)N(c3cccc(Cl)c3)C2=O)cc(I)c1OC(C)C. The van der Waals surface area contributed by atoms with E-state index in [0.29, 0.717) is 27.1 Å². The van der Waals surface area contributed by atoms with Gasteiger partial charge in [-0.15, -0.1) is 0 Å². The molecule has 1 heterocycles. The molecule has 0 spiro atoms. The Morgan fingerprint density at radius 3 is 2.61 bits per heavy atom. The Labute approximate surface area is 186 Å². The number of carbonyl (C=O) groups excluding carboxylic acids is 2. The Bertz CT molecular complexity index is 977. The highest BCUT2D eigenvalue weighted by atomic mass is 127. The van der Waals surface area contributed by atoms with Gasteiger partial charge in [0.25, 0.3) is 11.1 Å². The second-order valence-corrected chi connectivity index (χ2v) is 8.79. The topological polar surface area (TPSA) is 55.8 Å². The number of hydrogen-bond donors (Lipinski definition) is 0. The van der Waals surface area contributed by atoms with Gasteiger partial charge < -0.3 is 9.47 Å². The van der Waals surface area contributed by atoms with Gasteiger partial charge in [-0.05, 0) is 90.2 Å². The zero-order chi connectivity index (χ0) is 20.4. The number of anilines is 1. The van der Waals surface area contributed by atoms with Gasteiger partial charge in [-0.1, -0.05) is 17.7 Å². The number of halogens is 2. The molecule has 2 aromatic rings. The number of nitrogens with zero attached hydrogens (tertiary/aromatic N) is 1. The molecular weight excluding hydrogens is 513 g/mol.